The molecule has 0 aliphatic carbocycles. The van der Waals surface area contributed by atoms with Crippen molar-refractivity contribution in [2.24, 2.45) is 0 Å². The Hall–Kier alpha value is -1.64. The van der Waals surface area contributed by atoms with Crippen molar-refractivity contribution >= 4 is 0 Å². The molecule has 0 bridgehead atoms. The van der Waals surface area contributed by atoms with Crippen molar-refractivity contribution in [3.8, 4) is 11.3 Å². The lowest BCUT2D eigenvalue weighted by Crippen LogP contribution is -1.79. The number of rotatable bonds is 1. The third-order valence-corrected chi connectivity index (χ3v) is 1.59. The van der Waals surface area contributed by atoms with Gasteiger partial charge in [0.05, 0.1) is 6.20 Å². The van der Waals surface area contributed by atoms with Gasteiger partial charge in [-0.1, -0.05) is 0 Å². The Labute approximate surface area is 70.1 Å². The first-order valence-electron chi connectivity index (χ1n) is 3.67. The molecule has 0 saturated heterocycles. The van der Waals surface area contributed by atoms with Crippen LogP contribution in [-0.4, -0.2) is 9.97 Å². The lowest BCUT2D eigenvalue weighted by Gasteiger charge is -1.95. The van der Waals surface area contributed by atoms with E-state index in [0.29, 0.717) is 0 Å². The van der Waals surface area contributed by atoms with E-state index in [9.17, 15) is 0 Å². The normalized spacial score (nSPS) is 10.1. The average Bonchev–Trinajstić information content (AvgIpc) is 2.56. The Morgan fingerprint density at radius 3 is 2.75 bits per heavy atom. The first-order chi connectivity index (χ1) is 5.86. The van der Waals surface area contributed by atoms with Crippen molar-refractivity contribution in [1.29, 1.82) is 0 Å². The summed E-state index contributed by atoms with van der Waals surface area (Å²) in [5.41, 5.74) is 2.08. The molecule has 12 heavy (non-hydrogen) atoms. The molecule has 2 aromatic rings. The van der Waals surface area contributed by atoms with Gasteiger partial charge in [0.25, 0.3) is 0 Å². The van der Waals surface area contributed by atoms with Gasteiger partial charge in [0.1, 0.15) is 0 Å². The summed E-state index contributed by atoms with van der Waals surface area (Å²) in [4.78, 5) is 7.89. The quantitative estimate of drug-likeness (QED) is 0.640. The summed E-state index contributed by atoms with van der Waals surface area (Å²) in [6.07, 6.45) is 6.65. The Balaban J connectivity index is 2.48. The fourth-order valence-electron chi connectivity index (χ4n) is 1.05. The minimum atomic E-state index is 0.756. The SMILES string of the molecule is Cc1cncc(-c2cnco2)c1. The molecule has 2 aromatic heterocycles. The molecule has 0 atom stereocenters. The molecule has 3 nitrogen and oxygen atoms in total. The van der Waals surface area contributed by atoms with Gasteiger partial charge in [0.15, 0.2) is 12.2 Å². The van der Waals surface area contributed by atoms with Crippen molar-refractivity contribution in [1.82, 2.24) is 9.97 Å². The monoisotopic (exact) mass is 160 g/mol. The Kier molecular flexibility index (Phi) is 1.63. The lowest BCUT2D eigenvalue weighted by molar-refractivity contribution is 0.571. The maximum atomic E-state index is 5.12. The van der Waals surface area contributed by atoms with Crippen LogP contribution in [0.5, 0.6) is 0 Å². The number of aromatic nitrogens is 2. The first-order valence-corrected chi connectivity index (χ1v) is 3.67. The van der Waals surface area contributed by atoms with Gasteiger partial charge in [-0.05, 0) is 18.6 Å². The van der Waals surface area contributed by atoms with Crippen molar-refractivity contribution in [3.63, 3.8) is 0 Å². The van der Waals surface area contributed by atoms with E-state index in [1.807, 2.05) is 13.0 Å². The second-order valence-electron chi connectivity index (χ2n) is 2.62. The molecular formula is C9H8N2O. The molecule has 60 valence electrons. The maximum Gasteiger partial charge on any atom is 0.181 e. The molecule has 0 aliphatic heterocycles. The van der Waals surface area contributed by atoms with E-state index in [1.165, 1.54) is 6.39 Å². The Morgan fingerprint density at radius 2 is 2.08 bits per heavy atom. The number of oxazole rings is 1. The van der Waals surface area contributed by atoms with E-state index in [1.54, 1.807) is 18.6 Å². The predicted molar refractivity (Wildman–Crippen MR) is 44.5 cm³/mol. The van der Waals surface area contributed by atoms with Crippen LogP contribution in [-0.2, 0) is 0 Å². The second-order valence-corrected chi connectivity index (χ2v) is 2.62. The van der Waals surface area contributed by atoms with Crippen molar-refractivity contribution in [2.75, 3.05) is 0 Å². The summed E-state index contributed by atoms with van der Waals surface area (Å²) in [5.74, 6) is 0.756. The van der Waals surface area contributed by atoms with Crippen molar-refractivity contribution in [2.45, 2.75) is 6.92 Å². The molecule has 0 fully saturated rings. The Morgan fingerprint density at radius 1 is 1.17 bits per heavy atom. The number of nitrogens with zero attached hydrogens (tertiary/aromatic N) is 2. The highest BCUT2D eigenvalue weighted by Gasteiger charge is 2.00. The molecule has 2 rings (SSSR count). The van der Waals surface area contributed by atoms with Crippen LogP contribution < -0.4 is 0 Å². The molecule has 2 heterocycles. The highest BCUT2D eigenvalue weighted by atomic mass is 16.3. The van der Waals surface area contributed by atoms with Crippen LogP contribution in [0.25, 0.3) is 11.3 Å². The molecule has 0 aliphatic rings. The van der Waals surface area contributed by atoms with Gasteiger partial charge in [0, 0.05) is 18.0 Å². The van der Waals surface area contributed by atoms with Crippen molar-refractivity contribution < 1.29 is 4.42 Å². The minimum absolute atomic E-state index is 0.756. The maximum absolute atomic E-state index is 5.12. The minimum Gasteiger partial charge on any atom is -0.443 e. The van der Waals surface area contributed by atoms with Gasteiger partial charge in [-0.3, -0.25) is 4.98 Å². The Bertz CT molecular complexity index is 368. The molecule has 0 spiro atoms. The summed E-state index contributed by atoms with van der Waals surface area (Å²) in [6.45, 7) is 1.99. The lowest BCUT2D eigenvalue weighted by atomic mass is 10.2. The van der Waals surface area contributed by atoms with Gasteiger partial charge >= 0.3 is 0 Å². The summed E-state index contributed by atoms with van der Waals surface area (Å²) in [6, 6.07) is 2.01. The van der Waals surface area contributed by atoms with E-state index >= 15 is 0 Å². The zero-order valence-electron chi connectivity index (χ0n) is 6.69. The first kappa shape index (κ1) is 7.03. The van der Waals surface area contributed by atoms with Gasteiger partial charge in [-0.2, -0.15) is 0 Å². The van der Waals surface area contributed by atoms with Crippen LogP contribution in [0.3, 0.4) is 0 Å². The van der Waals surface area contributed by atoms with E-state index < -0.39 is 0 Å². The molecule has 0 saturated carbocycles. The largest absolute Gasteiger partial charge is 0.443 e. The fourth-order valence-corrected chi connectivity index (χ4v) is 1.05. The third kappa shape index (κ3) is 1.21. The van der Waals surface area contributed by atoms with E-state index in [4.69, 9.17) is 4.42 Å². The fraction of sp³-hybridized carbons (Fsp3) is 0.111. The summed E-state index contributed by atoms with van der Waals surface area (Å²) < 4.78 is 5.12. The molecule has 0 aromatic carbocycles. The average molecular weight is 160 g/mol. The number of hydrogen-bond acceptors (Lipinski definition) is 3. The highest BCUT2D eigenvalue weighted by Crippen LogP contribution is 2.17. The molecular weight excluding hydrogens is 152 g/mol. The number of pyridine rings is 1. The van der Waals surface area contributed by atoms with Crippen LogP contribution in [0.15, 0.2) is 35.5 Å². The molecule has 3 heteroatoms. The topological polar surface area (TPSA) is 38.9 Å². The molecule has 0 radical (unpaired) electrons. The summed E-state index contributed by atoms with van der Waals surface area (Å²) >= 11 is 0. The molecule has 0 unspecified atom stereocenters. The second kappa shape index (κ2) is 2.77. The smallest absolute Gasteiger partial charge is 0.181 e. The van der Waals surface area contributed by atoms with Gasteiger partial charge in [-0.15, -0.1) is 0 Å². The van der Waals surface area contributed by atoms with Crippen LogP contribution in [0.4, 0.5) is 0 Å². The van der Waals surface area contributed by atoms with E-state index in [-0.39, 0.29) is 0 Å². The summed E-state index contributed by atoms with van der Waals surface area (Å²) in [5, 5.41) is 0. The van der Waals surface area contributed by atoms with Crippen LogP contribution in [0, 0.1) is 6.92 Å². The van der Waals surface area contributed by atoms with Crippen LogP contribution in [0.1, 0.15) is 5.56 Å². The van der Waals surface area contributed by atoms with E-state index in [2.05, 4.69) is 9.97 Å². The molecule has 0 N–H and O–H groups in total. The zero-order chi connectivity index (χ0) is 8.39. The van der Waals surface area contributed by atoms with Gasteiger partial charge in [0.2, 0.25) is 0 Å². The van der Waals surface area contributed by atoms with Gasteiger partial charge in [-0.25, -0.2) is 4.98 Å². The van der Waals surface area contributed by atoms with Crippen LogP contribution in [0.2, 0.25) is 0 Å². The number of aryl methyl sites for hydroxylation is 1. The third-order valence-electron chi connectivity index (χ3n) is 1.59. The standard InChI is InChI=1S/C9H8N2O/c1-7-2-8(4-10-3-7)9-5-11-6-12-9/h2-6H,1H3. The number of hydrogen-bond donors (Lipinski definition) is 0. The van der Waals surface area contributed by atoms with Crippen molar-refractivity contribution in [3.05, 3.63) is 36.6 Å². The molecule has 0 amide bonds. The van der Waals surface area contributed by atoms with E-state index in [0.717, 1.165) is 16.9 Å². The zero-order valence-corrected chi connectivity index (χ0v) is 6.69. The van der Waals surface area contributed by atoms with Gasteiger partial charge < -0.3 is 4.42 Å². The predicted octanol–water partition coefficient (Wildman–Crippen LogP) is 2.05. The highest BCUT2D eigenvalue weighted by molar-refractivity contribution is 5.55. The summed E-state index contributed by atoms with van der Waals surface area (Å²) in [7, 11) is 0. The van der Waals surface area contributed by atoms with Crippen LogP contribution >= 0.6 is 0 Å².